The maximum absolute atomic E-state index is 14.2. The number of halogens is 1. The van der Waals surface area contributed by atoms with Gasteiger partial charge in [0, 0.05) is 19.7 Å². The molecule has 0 aliphatic carbocycles. The molecule has 1 aromatic carbocycles. The van der Waals surface area contributed by atoms with Crippen LogP contribution in [0.3, 0.4) is 0 Å². The number of anilines is 1. The predicted octanol–water partition coefficient (Wildman–Crippen LogP) is 2.96. The van der Waals surface area contributed by atoms with E-state index >= 15 is 0 Å². The van der Waals surface area contributed by atoms with Crippen LogP contribution in [0.1, 0.15) is 39.0 Å². The first-order valence-electron chi connectivity index (χ1n) is 12.3. The molecule has 2 unspecified atom stereocenters. The first kappa shape index (κ1) is 25.7. The number of esters is 1. The molecule has 0 saturated carbocycles. The van der Waals surface area contributed by atoms with Gasteiger partial charge in [-0.1, -0.05) is 29.8 Å². The first-order valence-corrected chi connectivity index (χ1v) is 12.7. The van der Waals surface area contributed by atoms with E-state index in [9.17, 15) is 14.4 Å². The zero-order chi connectivity index (χ0) is 25.2. The molecular weight excluding hydrogens is 472 g/mol. The topological polar surface area (TPSA) is 96.4 Å². The molecule has 3 aliphatic heterocycles. The van der Waals surface area contributed by atoms with E-state index in [1.807, 2.05) is 0 Å². The van der Waals surface area contributed by atoms with Gasteiger partial charge < -0.3 is 24.4 Å². The minimum absolute atomic E-state index is 0.0677. The monoisotopic (exact) mass is 504 g/mol. The molecule has 4 rings (SSSR count). The molecule has 0 aromatic heterocycles. The van der Waals surface area contributed by atoms with E-state index < -0.39 is 35.6 Å². The number of ether oxygens (including phenoxy) is 2. The van der Waals surface area contributed by atoms with Crippen molar-refractivity contribution in [3.05, 3.63) is 41.9 Å². The molecule has 35 heavy (non-hydrogen) atoms. The zero-order valence-electron chi connectivity index (χ0n) is 20.0. The highest BCUT2D eigenvalue weighted by atomic mass is 35.5. The number of rotatable bonds is 11. The van der Waals surface area contributed by atoms with Gasteiger partial charge in [0.25, 0.3) is 5.91 Å². The summed E-state index contributed by atoms with van der Waals surface area (Å²) in [6.07, 6.45) is 4.22. The molecule has 5 atom stereocenters. The number of aliphatic hydroxyl groups excluding tert-OH is 1. The molecule has 3 heterocycles. The van der Waals surface area contributed by atoms with E-state index in [1.165, 1.54) is 0 Å². The Hall–Kier alpha value is -2.42. The quantitative estimate of drug-likeness (QED) is 0.283. The largest absolute Gasteiger partial charge is 0.466 e. The van der Waals surface area contributed by atoms with E-state index in [-0.39, 0.29) is 31.6 Å². The van der Waals surface area contributed by atoms with Crippen molar-refractivity contribution in [2.75, 3.05) is 31.2 Å². The highest BCUT2D eigenvalue weighted by Crippen LogP contribution is 2.59. The van der Waals surface area contributed by atoms with Crippen molar-refractivity contribution >= 4 is 35.1 Å². The summed E-state index contributed by atoms with van der Waals surface area (Å²) in [5.41, 5.74) is -0.561. The SMILES string of the molecule is C=CCN(C(=O)C1N(CCCCCO)C(=O)[C@@H]2[C@H](C(=O)OCC)[C@@H]3CCC12O3)c1ccccc1Cl. The third kappa shape index (κ3) is 4.36. The molecule has 8 nitrogen and oxygen atoms in total. The zero-order valence-corrected chi connectivity index (χ0v) is 20.8. The number of aliphatic hydroxyl groups is 1. The first-order chi connectivity index (χ1) is 16.9. The maximum atomic E-state index is 14.2. The van der Waals surface area contributed by atoms with Gasteiger partial charge >= 0.3 is 5.97 Å². The van der Waals surface area contributed by atoms with Crippen LogP contribution in [0.15, 0.2) is 36.9 Å². The Kier molecular flexibility index (Phi) is 7.83. The average molecular weight is 505 g/mol. The fourth-order valence-corrected chi connectivity index (χ4v) is 6.24. The van der Waals surface area contributed by atoms with Crippen LogP contribution in [-0.4, -0.2) is 71.8 Å². The summed E-state index contributed by atoms with van der Waals surface area (Å²) in [6, 6.07) is 6.16. The molecular formula is C26H33ClN2O6. The highest BCUT2D eigenvalue weighted by Gasteiger charge is 2.75. The van der Waals surface area contributed by atoms with Crippen LogP contribution in [0.4, 0.5) is 5.69 Å². The molecule has 3 saturated heterocycles. The smallest absolute Gasteiger partial charge is 0.312 e. The van der Waals surface area contributed by atoms with Gasteiger partial charge in [-0.2, -0.15) is 0 Å². The summed E-state index contributed by atoms with van der Waals surface area (Å²) in [4.78, 5) is 44.1. The fourth-order valence-electron chi connectivity index (χ4n) is 6.00. The van der Waals surface area contributed by atoms with Gasteiger partial charge in [0.05, 0.1) is 35.3 Å². The van der Waals surface area contributed by atoms with Crippen LogP contribution in [-0.2, 0) is 23.9 Å². The Morgan fingerprint density at radius 2 is 2.11 bits per heavy atom. The number of unbranched alkanes of at least 4 members (excludes halogenated alkanes) is 2. The Morgan fingerprint density at radius 3 is 2.80 bits per heavy atom. The lowest BCUT2D eigenvalue weighted by molar-refractivity contribution is -0.154. The summed E-state index contributed by atoms with van der Waals surface area (Å²) in [6.45, 7) is 6.35. The fraction of sp³-hybridized carbons (Fsp3) is 0.577. The van der Waals surface area contributed by atoms with E-state index in [0.717, 1.165) is 0 Å². The lowest BCUT2D eigenvalue weighted by Gasteiger charge is -2.37. The molecule has 9 heteroatoms. The van der Waals surface area contributed by atoms with Gasteiger partial charge in [0.15, 0.2) is 0 Å². The lowest BCUT2D eigenvalue weighted by Crippen LogP contribution is -2.56. The Labute approximate surface area is 210 Å². The number of carbonyl (C=O) groups excluding carboxylic acids is 3. The third-order valence-corrected chi connectivity index (χ3v) is 7.69. The van der Waals surface area contributed by atoms with Crippen molar-refractivity contribution in [2.24, 2.45) is 11.8 Å². The minimum atomic E-state index is -1.09. The standard InChI is InChI=1S/C26H33ClN2O6/c1-3-14-28(18-11-7-6-10-17(18)27)24(32)22-26-13-12-19(35-26)20(25(33)34-4-2)21(26)23(31)29(22)15-8-5-9-16-30/h3,6-7,10-11,19-22,30H,1,4-5,8-9,12-16H2,2H3/t19-,20+,21-,22?,26?/m0/s1. The number of hydrogen-bond acceptors (Lipinski definition) is 6. The molecule has 3 fully saturated rings. The van der Waals surface area contributed by atoms with Crippen molar-refractivity contribution in [1.82, 2.24) is 4.90 Å². The van der Waals surface area contributed by atoms with Crippen LogP contribution in [0.25, 0.3) is 0 Å². The average Bonchev–Trinajstić information content (AvgIpc) is 3.48. The second-order valence-electron chi connectivity index (χ2n) is 9.31. The summed E-state index contributed by atoms with van der Waals surface area (Å²) < 4.78 is 11.7. The van der Waals surface area contributed by atoms with Crippen molar-refractivity contribution in [3.8, 4) is 0 Å². The normalized spacial score (nSPS) is 28.8. The molecule has 2 amide bonds. The predicted molar refractivity (Wildman–Crippen MR) is 131 cm³/mol. The van der Waals surface area contributed by atoms with Crippen molar-refractivity contribution in [1.29, 1.82) is 0 Å². The number of amides is 2. The van der Waals surface area contributed by atoms with Crippen molar-refractivity contribution < 1.29 is 29.0 Å². The molecule has 1 spiro atoms. The molecule has 1 N–H and O–H groups in total. The van der Waals surface area contributed by atoms with Gasteiger partial charge in [-0.3, -0.25) is 14.4 Å². The van der Waals surface area contributed by atoms with Crippen LogP contribution in [0.5, 0.6) is 0 Å². The van der Waals surface area contributed by atoms with Crippen LogP contribution in [0.2, 0.25) is 5.02 Å². The number of likely N-dealkylation sites (tertiary alicyclic amines) is 1. The van der Waals surface area contributed by atoms with Gasteiger partial charge in [-0.15, -0.1) is 6.58 Å². The van der Waals surface area contributed by atoms with Crippen molar-refractivity contribution in [2.45, 2.75) is 56.8 Å². The van der Waals surface area contributed by atoms with E-state index in [4.69, 9.17) is 26.2 Å². The Balaban J connectivity index is 1.73. The molecule has 3 aliphatic rings. The second kappa shape index (κ2) is 10.7. The maximum Gasteiger partial charge on any atom is 0.312 e. The summed E-state index contributed by atoms with van der Waals surface area (Å²) in [7, 11) is 0. The molecule has 190 valence electrons. The minimum Gasteiger partial charge on any atom is -0.466 e. The summed E-state index contributed by atoms with van der Waals surface area (Å²) in [5.74, 6) is -2.47. The van der Waals surface area contributed by atoms with E-state index in [1.54, 1.807) is 47.1 Å². The number of benzene rings is 1. The van der Waals surface area contributed by atoms with Gasteiger partial charge in [0.1, 0.15) is 11.6 Å². The van der Waals surface area contributed by atoms with E-state index in [0.29, 0.717) is 49.4 Å². The van der Waals surface area contributed by atoms with Crippen LogP contribution in [0, 0.1) is 11.8 Å². The van der Waals surface area contributed by atoms with Gasteiger partial charge in [0.2, 0.25) is 5.91 Å². The number of carbonyl (C=O) groups is 3. The van der Waals surface area contributed by atoms with E-state index in [2.05, 4.69) is 6.58 Å². The third-order valence-electron chi connectivity index (χ3n) is 7.37. The number of para-hydroxylation sites is 1. The summed E-state index contributed by atoms with van der Waals surface area (Å²) in [5, 5.41) is 9.58. The number of hydrogen-bond donors (Lipinski definition) is 1. The highest BCUT2D eigenvalue weighted by molar-refractivity contribution is 6.34. The van der Waals surface area contributed by atoms with Crippen LogP contribution < -0.4 is 4.90 Å². The molecule has 0 radical (unpaired) electrons. The van der Waals surface area contributed by atoms with Gasteiger partial charge in [-0.25, -0.2) is 0 Å². The van der Waals surface area contributed by atoms with Crippen LogP contribution >= 0.6 is 11.6 Å². The Bertz CT molecular complexity index is 986. The van der Waals surface area contributed by atoms with Crippen molar-refractivity contribution in [3.63, 3.8) is 0 Å². The van der Waals surface area contributed by atoms with Gasteiger partial charge in [-0.05, 0) is 51.2 Å². The molecule has 1 aromatic rings. The number of nitrogens with zero attached hydrogens (tertiary/aromatic N) is 2. The summed E-state index contributed by atoms with van der Waals surface area (Å²) >= 11 is 6.45. The molecule has 2 bridgehead atoms. The Morgan fingerprint density at radius 1 is 1.34 bits per heavy atom. The number of fused-ring (bicyclic) bond motifs is 1. The lowest BCUT2D eigenvalue weighted by atomic mass is 9.70. The second-order valence-corrected chi connectivity index (χ2v) is 9.72.